The molecule has 0 aliphatic carbocycles. The molecule has 1 unspecified atom stereocenters. The van der Waals surface area contributed by atoms with Gasteiger partial charge in [0.25, 0.3) is 0 Å². The molecule has 1 atom stereocenters. The first-order valence-corrected chi connectivity index (χ1v) is 13.6. The number of ether oxygens (including phenoxy) is 1. The third-order valence-electron chi connectivity index (χ3n) is 6.89. The van der Waals surface area contributed by atoms with Crippen LogP contribution in [-0.2, 0) is 27.2 Å². The van der Waals surface area contributed by atoms with Gasteiger partial charge in [0.15, 0.2) is 0 Å². The molecule has 0 aliphatic heterocycles. The van der Waals surface area contributed by atoms with Crippen LogP contribution in [0.1, 0.15) is 44.2 Å². The van der Waals surface area contributed by atoms with E-state index in [0.29, 0.717) is 19.3 Å². The molecule has 3 aromatic carbocycles. The second-order valence-corrected chi connectivity index (χ2v) is 9.91. The topological polar surface area (TPSA) is 112 Å². The minimum atomic E-state index is -1.24. The van der Waals surface area contributed by atoms with Crippen molar-refractivity contribution in [3.05, 3.63) is 96.1 Å². The predicted molar refractivity (Wildman–Crippen MR) is 156 cm³/mol. The molecule has 8 heteroatoms. The van der Waals surface area contributed by atoms with Gasteiger partial charge in [-0.1, -0.05) is 78.9 Å². The highest BCUT2D eigenvalue weighted by Gasteiger charge is 2.36. The van der Waals surface area contributed by atoms with Gasteiger partial charge in [-0.3, -0.25) is 10.2 Å². The van der Waals surface area contributed by atoms with Crippen LogP contribution in [-0.4, -0.2) is 35.0 Å². The molecule has 3 amide bonds. The molecule has 0 radical (unpaired) electrons. The Hall–Kier alpha value is -4.59. The molecule has 4 N–H and O–H groups in total. The largest absolute Gasteiger partial charge is 0.464 e. The summed E-state index contributed by atoms with van der Waals surface area (Å²) in [5, 5.41) is 3.76. The number of fused-ring (bicyclic) bond motifs is 1. The average Bonchev–Trinajstić information content (AvgIpc) is 3.35. The zero-order valence-corrected chi connectivity index (χ0v) is 23.0. The van der Waals surface area contributed by atoms with Crippen LogP contribution in [0.5, 0.6) is 0 Å². The van der Waals surface area contributed by atoms with Crippen molar-refractivity contribution in [2.45, 2.75) is 51.5 Å². The molecule has 4 rings (SSSR count). The number of aromatic nitrogens is 1. The number of esters is 1. The van der Waals surface area contributed by atoms with Gasteiger partial charge in [0.1, 0.15) is 5.54 Å². The number of aromatic amines is 1. The lowest BCUT2D eigenvalue weighted by atomic mass is 9.93. The van der Waals surface area contributed by atoms with E-state index < -0.39 is 17.5 Å². The number of para-hydroxylation sites is 1. The minimum Gasteiger partial charge on any atom is -0.464 e. The van der Waals surface area contributed by atoms with Gasteiger partial charge in [0.2, 0.25) is 5.91 Å². The quantitative estimate of drug-likeness (QED) is 0.150. The highest BCUT2D eigenvalue weighted by molar-refractivity contribution is 5.92. The van der Waals surface area contributed by atoms with Crippen LogP contribution in [0.4, 0.5) is 4.79 Å². The molecule has 0 fully saturated rings. The van der Waals surface area contributed by atoms with E-state index in [1.54, 1.807) is 13.8 Å². The molecule has 208 valence electrons. The third kappa shape index (κ3) is 7.28. The predicted octanol–water partition coefficient (Wildman–Crippen LogP) is 5.44. The number of hydrazine groups is 1. The van der Waals surface area contributed by atoms with Gasteiger partial charge in [-0.25, -0.2) is 15.0 Å². The van der Waals surface area contributed by atoms with Gasteiger partial charge in [-0.15, -0.1) is 0 Å². The van der Waals surface area contributed by atoms with Gasteiger partial charge in [0, 0.05) is 23.0 Å². The van der Waals surface area contributed by atoms with Gasteiger partial charge in [-0.05, 0) is 62.3 Å². The second-order valence-electron chi connectivity index (χ2n) is 9.91. The van der Waals surface area contributed by atoms with Crippen molar-refractivity contribution >= 4 is 28.8 Å². The summed E-state index contributed by atoms with van der Waals surface area (Å²) in [5.74, 6) is -0.862. The first-order valence-electron chi connectivity index (χ1n) is 13.6. The lowest BCUT2D eigenvalue weighted by Gasteiger charge is -2.28. The van der Waals surface area contributed by atoms with Gasteiger partial charge in [-0.2, -0.15) is 0 Å². The lowest BCUT2D eigenvalue weighted by Crippen LogP contribution is -2.58. The van der Waals surface area contributed by atoms with Crippen LogP contribution in [0.3, 0.4) is 0 Å². The number of amides is 3. The van der Waals surface area contributed by atoms with E-state index >= 15 is 0 Å². The number of carbonyl (C=O) groups excluding carboxylic acids is 3. The molecule has 0 saturated carbocycles. The molecule has 0 aliphatic rings. The third-order valence-corrected chi connectivity index (χ3v) is 6.89. The standard InChI is InChI=1S/C32H36N4O4/c1-3-40-30(38)32(2,22-12-15-23-13-6-4-7-14-23)34-31(39)36-35-28(37)21-20-26-25-18-10-11-19-27(25)33-29(26)24-16-8-5-9-17-24/h4-11,13-14,16-19,33H,3,12,15,20-22H2,1-2H3,(H,35,37)(H2,34,36,39). The van der Waals surface area contributed by atoms with E-state index in [1.807, 2.05) is 84.9 Å². The molecular formula is C32H36N4O4. The summed E-state index contributed by atoms with van der Waals surface area (Å²) in [6.07, 6.45) is 2.44. The number of urea groups is 1. The smallest absolute Gasteiger partial charge is 0.334 e. The fourth-order valence-corrected chi connectivity index (χ4v) is 4.82. The van der Waals surface area contributed by atoms with Crippen LogP contribution in [0, 0.1) is 0 Å². The molecular weight excluding hydrogens is 504 g/mol. The van der Waals surface area contributed by atoms with E-state index in [4.69, 9.17) is 4.74 Å². The minimum absolute atomic E-state index is 0.161. The van der Waals surface area contributed by atoms with Crippen LogP contribution in [0.15, 0.2) is 84.9 Å². The molecule has 40 heavy (non-hydrogen) atoms. The highest BCUT2D eigenvalue weighted by atomic mass is 16.5. The summed E-state index contributed by atoms with van der Waals surface area (Å²) in [6, 6.07) is 27.2. The van der Waals surface area contributed by atoms with Crippen LogP contribution in [0.2, 0.25) is 0 Å². The maximum absolute atomic E-state index is 12.7. The lowest BCUT2D eigenvalue weighted by molar-refractivity contribution is -0.150. The number of nitrogens with one attached hydrogen (secondary N) is 4. The molecule has 1 heterocycles. The van der Waals surface area contributed by atoms with E-state index in [9.17, 15) is 14.4 Å². The van der Waals surface area contributed by atoms with Crippen LogP contribution < -0.4 is 16.2 Å². The molecule has 0 spiro atoms. The van der Waals surface area contributed by atoms with E-state index in [0.717, 1.165) is 39.7 Å². The van der Waals surface area contributed by atoms with Crippen molar-refractivity contribution < 1.29 is 19.1 Å². The zero-order valence-electron chi connectivity index (χ0n) is 23.0. The summed E-state index contributed by atoms with van der Waals surface area (Å²) >= 11 is 0. The molecule has 8 nitrogen and oxygen atoms in total. The second kappa shape index (κ2) is 13.5. The van der Waals surface area contributed by atoms with Gasteiger partial charge < -0.3 is 15.0 Å². The monoisotopic (exact) mass is 540 g/mol. The summed E-state index contributed by atoms with van der Waals surface area (Å²) in [4.78, 5) is 41.6. The SMILES string of the molecule is CCOC(=O)C(C)(CCCc1ccccc1)NC(=O)NNC(=O)CCc1c(-c2ccccc2)[nH]c2ccccc12. The van der Waals surface area contributed by atoms with Gasteiger partial charge in [0.05, 0.1) is 6.61 Å². The van der Waals surface area contributed by atoms with Crippen molar-refractivity contribution in [1.82, 2.24) is 21.2 Å². The maximum atomic E-state index is 12.7. The van der Waals surface area contributed by atoms with Crippen molar-refractivity contribution in [3.63, 3.8) is 0 Å². The summed E-state index contributed by atoms with van der Waals surface area (Å²) in [7, 11) is 0. The Bertz CT molecular complexity index is 1440. The molecule has 1 aromatic heterocycles. The summed E-state index contributed by atoms with van der Waals surface area (Å²) in [5.41, 5.74) is 8.81. The first-order chi connectivity index (χ1) is 19.4. The number of rotatable bonds is 11. The van der Waals surface area contributed by atoms with Crippen molar-refractivity contribution in [2.75, 3.05) is 6.61 Å². The molecule has 0 saturated heterocycles. The summed E-state index contributed by atoms with van der Waals surface area (Å²) in [6.45, 7) is 3.56. The van der Waals surface area contributed by atoms with Crippen molar-refractivity contribution in [2.24, 2.45) is 0 Å². The Kier molecular flexibility index (Phi) is 9.57. The fourth-order valence-electron chi connectivity index (χ4n) is 4.82. The first kappa shape index (κ1) is 28.4. The molecule has 4 aromatic rings. The Morgan fingerprint density at radius 3 is 2.25 bits per heavy atom. The van der Waals surface area contributed by atoms with Crippen LogP contribution in [0.25, 0.3) is 22.2 Å². The average molecular weight is 541 g/mol. The zero-order chi connectivity index (χ0) is 28.4. The summed E-state index contributed by atoms with van der Waals surface area (Å²) < 4.78 is 5.23. The maximum Gasteiger partial charge on any atom is 0.334 e. The number of carbonyl (C=O) groups is 3. The van der Waals surface area contributed by atoms with Crippen molar-refractivity contribution in [1.29, 1.82) is 0 Å². The fraction of sp³-hybridized carbons (Fsp3) is 0.281. The Morgan fingerprint density at radius 1 is 0.850 bits per heavy atom. The van der Waals surface area contributed by atoms with Crippen LogP contribution >= 0.6 is 0 Å². The number of aryl methyl sites for hydroxylation is 2. The molecule has 0 bridgehead atoms. The van der Waals surface area contributed by atoms with Gasteiger partial charge >= 0.3 is 12.0 Å². The Balaban J connectivity index is 1.34. The Labute approximate surface area is 234 Å². The normalized spacial score (nSPS) is 12.3. The number of benzene rings is 3. The van der Waals surface area contributed by atoms with E-state index in [1.165, 1.54) is 0 Å². The van der Waals surface area contributed by atoms with E-state index in [-0.39, 0.29) is 18.9 Å². The number of hydrogen-bond donors (Lipinski definition) is 4. The Morgan fingerprint density at radius 2 is 1.52 bits per heavy atom. The number of H-pyrrole nitrogens is 1. The van der Waals surface area contributed by atoms with Crippen molar-refractivity contribution in [3.8, 4) is 11.3 Å². The van der Waals surface area contributed by atoms with E-state index in [2.05, 4.69) is 21.2 Å². The highest BCUT2D eigenvalue weighted by Crippen LogP contribution is 2.31. The number of hydrogen-bond acceptors (Lipinski definition) is 4.